The van der Waals surface area contributed by atoms with Gasteiger partial charge in [0, 0.05) is 43.3 Å². The summed E-state index contributed by atoms with van der Waals surface area (Å²) in [5, 5.41) is 0.734. The minimum Gasteiger partial charge on any atom is -0.422 e. The predicted octanol–water partition coefficient (Wildman–Crippen LogP) is 5.20. The van der Waals surface area contributed by atoms with Crippen LogP contribution in [0.15, 0.2) is 69.5 Å². The van der Waals surface area contributed by atoms with Gasteiger partial charge in [-0.1, -0.05) is 30.3 Å². The van der Waals surface area contributed by atoms with E-state index in [1.807, 2.05) is 73.4 Å². The summed E-state index contributed by atoms with van der Waals surface area (Å²) in [5.74, 6) is -0.323. The first-order valence-corrected chi connectivity index (χ1v) is 10.9. The highest BCUT2D eigenvalue weighted by atomic mass is 16.4. The zero-order chi connectivity index (χ0) is 22.4. The van der Waals surface area contributed by atoms with Crippen molar-refractivity contribution in [2.45, 2.75) is 27.7 Å². The Morgan fingerprint density at radius 3 is 2.19 bits per heavy atom. The average molecular weight is 419 g/mol. The van der Waals surface area contributed by atoms with Crippen molar-refractivity contribution in [1.29, 1.82) is 0 Å². The van der Waals surface area contributed by atoms with Crippen molar-refractivity contribution in [2.24, 2.45) is 0 Å². The number of rotatable bonds is 9. The SMILES string of the molecule is CCN(CC)C(=Cc1ccccc1)C(=O)c1cc2ccc(N(CC)CC)cc2oc1=O. The molecule has 3 rings (SSSR count). The van der Waals surface area contributed by atoms with Crippen LogP contribution in [0.3, 0.4) is 0 Å². The molecule has 0 aliphatic rings. The Balaban J connectivity index is 2.08. The Morgan fingerprint density at radius 1 is 0.903 bits per heavy atom. The summed E-state index contributed by atoms with van der Waals surface area (Å²) >= 11 is 0. The summed E-state index contributed by atoms with van der Waals surface area (Å²) in [5.41, 5.74) is 2.32. The zero-order valence-electron chi connectivity index (χ0n) is 18.7. The summed E-state index contributed by atoms with van der Waals surface area (Å²) in [7, 11) is 0. The van der Waals surface area contributed by atoms with Crippen LogP contribution in [0.1, 0.15) is 43.6 Å². The smallest absolute Gasteiger partial charge is 0.347 e. The third-order valence-electron chi connectivity index (χ3n) is 5.53. The average Bonchev–Trinajstić information content (AvgIpc) is 2.79. The van der Waals surface area contributed by atoms with Gasteiger partial charge in [0.15, 0.2) is 0 Å². The summed E-state index contributed by atoms with van der Waals surface area (Å²) in [6.45, 7) is 11.2. The molecule has 31 heavy (non-hydrogen) atoms. The maximum absolute atomic E-state index is 13.5. The third-order valence-corrected chi connectivity index (χ3v) is 5.53. The highest BCUT2D eigenvalue weighted by molar-refractivity contribution is 6.11. The molecule has 0 saturated heterocycles. The number of anilines is 1. The summed E-state index contributed by atoms with van der Waals surface area (Å²) < 4.78 is 5.59. The number of hydrogen-bond donors (Lipinski definition) is 0. The maximum atomic E-state index is 13.5. The van der Waals surface area contributed by atoms with Gasteiger partial charge < -0.3 is 14.2 Å². The second-order valence-electron chi connectivity index (χ2n) is 7.28. The molecular weight excluding hydrogens is 388 g/mol. The molecular formula is C26H30N2O3. The molecule has 0 N–H and O–H groups in total. The highest BCUT2D eigenvalue weighted by Crippen LogP contribution is 2.23. The molecule has 0 aliphatic heterocycles. The Labute approximate surface area is 183 Å². The van der Waals surface area contributed by atoms with Gasteiger partial charge in [-0.05, 0) is 57.5 Å². The second-order valence-corrected chi connectivity index (χ2v) is 7.28. The first-order chi connectivity index (χ1) is 15.0. The number of hydrogen-bond acceptors (Lipinski definition) is 5. The van der Waals surface area contributed by atoms with Gasteiger partial charge in [-0.25, -0.2) is 4.79 Å². The van der Waals surface area contributed by atoms with Gasteiger partial charge in [-0.2, -0.15) is 0 Å². The molecule has 3 aromatic rings. The number of fused-ring (bicyclic) bond motifs is 1. The molecule has 162 valence electrons. The fraction of sp³-hybridized carbons (Fsp3) is 0.308. The van der Waals surface area contributed by atoms with Crippen LogP contribution >= 0.6 is 0 Å². The van der Waals surface area contributed by atoms with Crippen molar-refractivity contribution in [3.8, 4) is 0 Å². The Morgan fingerprint density at radius 2 is 1.58 bits per heavy atom. The van der Waals surface area contributed by atoms with Crippen LogP contribution in [0.2, 0.25) is 0 Å². The van der Waals surface area contributed by atoms with E-state index >= 15 is 0 Å². The van der Waals surface area contributed by atoms with Crippen molar-refractivity contribution in [3.05, 3.63) is 81.8 Å². The van der Waals surface area contributed by atoms with Crippen LogP contribution in [-0.4, -0.2) is 36.9 Å². The number of carbonyl (C=O) groups is 1. The topological polar surface area (TPSA) is 53.8 Å². The Hall–Kier alpha value is -3.34. The molecule has 0 bridgehead atoms. The zero-order valence-corrected chi connectivity index (χ0v) is 18.7. The van der Waals surface area contributed by atoms with E-state index in [2.05, 4.69) is 18.7 Å². The number of likely N-dealkylation sites (N-methyl/N-ethyl adjacent to an activating group) is 1. The van der Waals surface area contributed by atoms with E-state index in [0.29, 0.717) is 24.4 Å². The lowest BCUT2D eigenvalue weighted by molar-refractivity contribution is 0.0992. The van der Waals surface area contributed by atoms with Crippen molar-refractivity contribution in [1.82, 2.24) is 4.90 Å². The molecule has 0 unspecified atom stereocenters. The van der Waals surface area contributed by atoms with Crippen LogP contribution in [-0.2, 0) is 0 Å². The first-order valence-electron chi connectivity index (χ1n) is 10.9. The molecule has 5 nitrogen and oxygen atoms in total. The lowest BCUT2D eigenvalue weighted by Gasteiger charge is -2.23. The molecule has 0 atom stereocenters. The van der Waals surface area contributed by atoms with Crippen LogP contribution in [0.25, 0.3) is 17.0 Å². The molecule has 0 radical (unpaired) electrons. The number of carbonyl (C=O) groups excluding carboxylic acids is 1. The van der Waals surface area contributed by atoms with E-state index in [1.54, 1.807) is 6.07 Å². The van der Waals surface area contributed by atoms with E-state index in [9.17, 15) is 9.59 Å². The summed E-state index contributed by atoms with van der Waals surface area (Å²) in [6.07, 6.45) is 1.84. The quantitative estimate of drug-likeness (QED) is 0.271. The fourth-order valence-corrected chi connectivity index (χ4v) is 3.75. The van der Waals surface area contributed by atoms with E-state index in [4.69, 9.17) is 4.42 Å². The van der Waals surface area contributed by atoms with Gasteiger partial charge in [0.1, 0.15) is 11.1 Å². The predicted molar refractivity (Wildman–Crippen MR) is 128 cm³/mol. The number of allylic oxidation sites excluding steroid dienone is 1. The number of benzene rings is 2. The molecule has 0 aliphatic carbocycles. The summed E-state index contributed by atoms with van der Waals surface area (Å²) in [6, 6.07) is 17.1. The molecule has 2 aromatic carbocycles. The molecule has 5 heteroatoms. The highest BCUT2D eigenvalue weighted by Gasteiger charge is 2.22. The molecule has 0 amide bonds. The molecule has 0 saturated carbocycles. The molecule has 1 heterocycles. The van der Waals surface area contributed by atoms with Gasteiger partial charge in [0.25, 0.3) is 0 Å². The van der Waals surface area contributed by atoms with E-state index in [1.165, 1.54) is 0 Å². The normalized spacial score (nSPS) is 11.5. The standard InChI is InChI=1S/C26H30N2O3/c1-5-27(6-2)21-15-14-20-17-22(26(30)31-24(20)18-21)25(29)23(28(7-3)8-4)16-19-12-10-9-11-13-19/h9-18H,5-8H2,1-4H3. The molecule has 0 fully saturated rings. The van der Waals surface area contributed by atoms with Crippen LogP contribution < -0.4 is 10.5 Å². The minimum atomic E-state index is -0.611. The van der Waals surface area contributed by atoms with Gasteiger partial charge in [-0.3, -0.25) is 4.79 Å². The maximum Gasteiger partial charge on any atom is 0.347 e. The van der Waals surface area contributed by atoms with Crippen LogP contribution in [0.5, 0.6) is 0 Å². The van der Waals surface area contributed by atoms with Crippen molar-refractivity contribution >= 4 is 28.5 Å². The lowest BCUT2D eigenvalue weighted by Crippen LogP contribution is -2.29. The third kappa shape index (κ3) is 4.88. The molecule has 1 aromatic heterocycles. The lowest BCUT2D eigenvalue weighted by atomic mass is 10.0. The van der Waals surface area contributed by atoms with Gasteiger partial charge >= 0.3 is 5.63 Å². The van der Waals surface area contributed by atoms with Crippen molar-refractivity contribution in [2.75, 3.05) is 31.1 Å². The number of Topliss-reactive ketones (excluding diaryl/α,β-unsaturated/α-hetero) is 1. The number of nitrogens with zero attached hydrogens (tertiary/aromatic N) is 2. The summed E-state index contributed by atoms with van der Waals surface area (Å²) in [4.78, 5) is 30.4. The van der Waals surface area contributed by atoms with Crippen LogP contribution in [0, 0.1) is 0 Å². The largest absolute Gasteiger partial charge is 0.422 e. The number of ketones is 1. The van der Waals surface area contributed by atoms with E-state index < -0.39 is 5.63 Å². The fourth-order valence-electron chi connectivity index (χ4n) is 3.75. The van der Waals surface area contributed by atoms with Gasteiger partial charge in [0.2, 0.25) is 5.78 Å². The monoisotopic (exact) mass is 418 g/mol. The van der Waals surface area contributed by atoms with E-state index in [0.717, 1.165) is 29.7 Å². The van der Waals surface area contributed by atoms with Gasteiger partial charge in [0.05, 0.1) is 5.70 Å². The molecule has 0 spiro atoms. The van der Waals surface area contributed by atoms with Crippen molar-refractivity contribution < 1.29 is 9.21 Å². The minimum absolute atomic E-state index is 0.0529. The first kappa shape index (κ1) is 22.3. The van der Waals surface area contributed by atoms with E-state index in [-0.39, 0.29) is 11.3 Å². The Bertz CT molecular complexity index is 1120. The van der Waals surface area contributed by atoms with Crippen molar-refractivity contribution in [3.63, 3.8) is 0 Å². The Kier molecular flexibility index (Phi) is 7.29. The second kappa shape index (κ2) is 10.1. The van der Waals surface area contributed by atoms with Crippen LogP contribution in [0.4, 0.5) is 5.69 Å². The van der Waals surface area contributed by atoms with Gasteiger partial charge in [-0.15, -0.1) is 0 Å².